The fraction of sp³-hybridized carbons (Fsp3) is 0.0769. The second kappa shape index (κ2) is 8.58. The molecular weight excluding hydrogens is 422 g/mol. The summed E-state index contributed by atoms with van der Waals surface area (Å²) in [7, 11) is 0. The number of hydrogen-bond acceptors (Lipinski definition) is 3. The Hall–Kier alpha value is -3.08. The maximum atomic E-state index is 6.12. The molecule has 3 nitrogen and oxygen atoms in total. The molecule has 2 heterocycles. The van der Waals surface area contributed by atoms with Crippen molar-refractivity contribution in [3.63, 3.8) is 0 Å². The summed E-state index contributed by atoms with van der Waals surface area (Å²) in [4.78, 5) is 9.37. The summed E-state index contributed by atoms with van der Waals surface area (Å²) >= 11 is 7.88. The van der Waals surface area contributed by atoms with Crippen LogP contribution in [0.3, 0.4) is 0 Å². The van der Waals surface area contributed by atoms with Gasteiger partial charge in [0.1, 0.15) is 17.0 Å². The van der Waals surface area contributed by atoms with Crippen molar-refractivity contribution in [3.05, 3.63) is 108 Å². The van der Waals surface area contributed by atoms with Gasteiger partial charge >= 0.3 is 0 Å². The van der Waals surface area contributed by atoms with Crippen LogP contribution in [0, 0.1) is 0 Å². The fourth-order valence-corrected chi connectivity index (χ4v) is 4.90. The first-order valence-corrected chi connectivity index (χ1v) is 11.4. The van der Waals surface area contributed by atoms with Crippen molar-refractivity contribution >= 4 is 34.4 Å². The first-order valence-electron chi connectivity index (χ1n) is 10.1. The van der Waals surface area contributed by atoms with E-state index in [4.69, 9.17) is 16.6 Å². The number of benzene rings is 3. The van der Waals surface area contributed by atoms with E-state index in [1.807, 2.05) is 36.4 Å². The van der Waals surface area contributed by atoms with E-state index in [2.05, 4.69) is 71.2 Å². The summed E-state index contributed by atoms with van der Waals surface area (Å²) in [6, 6.07) is 28.8. The van der Waals surface area contributed by atoms with E-state index in [9.17, 15) is 0 Å². The van der Waals surface area contributed by atoms with Crippen molar-refractivity contribution < 1.29 is 0 Å². The van der Waals surface area contributed by atoms with E-state index < -0.39 is 0 Å². The van der Waals surface area contributed by atoms with Crippen LogP contribution in [0.2, 0.25) is 5.02 Å². The molecule has 0 radical (unpaired) electrons. The van der Waals surface area contributed by atoms with E-state index >= 15 is 0 Å². The number of fused-ring (bicyclic) bond motifs is 1. The van der Waals surface area contributed by atoms with Crippen LogP contribution in [0.4, 0.5) is 0 Å². The van der Waals surface area contributed by atoms with E-state index in [1.165, 1.54) is 5.56 Å². The van der Waals surface area contributed by atoms with E-state index in [1.54, 1.807) is 18.1 Å². The number of thioether (sulfide) groups is 1. The Morgan fingerprint density at radius 1 is 0.839 bits per heavy atom. The highest BCUT2D eigenvalue weighted by Crippen LogP contribution is 2.41. The molecule has 0 saturated heterocycles. The van der Waals surface area contributed by atoms with Gasteiger partial charge in [0.2, 0.25) is 0 Å². The number of halogens is 1. The molecule has 1 atom stereocenters. The molecule has 0 spiro atoms. The molecule has 5 heteroatoms. The Kier molecular flexibility index (Phi) is 5.49. The van der Waals surface area contributed by atoms with Crippen LogP contribution in [0.25, 0.3) is 27.8 Å². The van der Waals surface area contributed by atoms with Crippen LogP contribution < -0.4 is 0 Å². The Morgan fingerprint density at radius 3 is 2.23 bits per heavy atom. The molecule has 0 saturated carbocycles. The minimum absolute atomic E-state index is 0.266. The zero-order chi connectivity index (χ0) is 21.2. The van der Waals surface area contributed by atoms with Crippen molar-refractivity contribution in [1.29, 1.82) is 0 Å². The monoisotopic (exact) mass is 441 g/mol. The van der Waals surface area contributed by atoms with E-state index in [-0.39, 0.29) is 5.25 Å². The summed E-state index contributed by atoms with van der Waals surface area (Å²) in [6.07, 6.45) is 3.80. The fourth-order valence-electron chi connectivity index (χ4n) is 3.72. The van der Waals surface area contributed by atoms with Crippen molar-refractivity contribution in [2.45, 2.75) is 17.2 Å². The first kappa shape index (κ1) is 19.9. The summed E-state index contributed by atoms with van der Waals surface area (Å²) < 4.78 is 2.12. The van der Waals surface area contributed by atoms with Crippen molar-refractivity contribution in [1.82, 2.24) is 14.5 Å². The van der Waals surface area contributed by atoms with Crippen LogP contribution in [0.1, 0.15) is 17.7 Å². The lowest BCUT2D eigenvalue weighted by Crippen LogP contribution is -1.95. The summed E-state index contributed by atoms with van der Waals surface area (Å²) in [6.45, 7) is 2.21. The third kappa shape index (κ3) is 3.97. The normalized spacial score (nSPS) is 12.2. The van der Waals surface area contributed by atoms with Crippen molar-refractivity contribution in [2.24, 2.45) is 0 Å². The Bertz CT molecular complexity index is 1320. The lowest BCUT2D eigenvalue weighted by atomic mass is 10.1. The summed E-state index contributed by atoms with van der Waals surface area (Å²) in [5.41, 5.74) is 5.44. The van der Waals surface area contributed by atoms with Gasteiger partial charge in [-0.2, -0.15) is 0 Å². The number of aromatic nitrogens is 3. The van der Waals surface area contributed by atoms with Gasteiger partial charge in [0.25, 0.3) is 0 Å². The van der Waals surface area contributed by atoms with Crippen molar-refractivity contribution in [3.8, 4) is 16.8 Å². The molecule has 5 rings (SSSR count). The van der Waals surface area contributed by atoms with Gasteiger partial charge in [-0.3, -0.25) is 0 Å². The molecule has 5 aromatic rings. The number of nitrogens with zero attached hydrogens (tertiary/aromatic N) is 3. The molecule has 0 bridgehead atoms. The van der Waals surface area contributed by atoms with Crippen LogP contribution in [0.15, 0.2) is 102 Å². The largest absolute Gasteiger partial charge is 0.301 e. The molecule has 0 aliphatic heterocycles. The summed E-state index contributed by atoms with van der Waals surface area (Å²) in [5.74, 6) is 0. The maximum Gasteiger partial charge on any atom is 0.149 e. The first-order chi connectivity index (χ1) is 15.2. The Balaban J connectivity index is 1.69. The van der Waals surface area contributed by atoms with Gasteiger partial charge in [-0.05, 0) is 42.3 Å². The smallest absolute Gasteiger partial charge is 0.149 e. The minimum Gasteiger partial charge on any atom is -0.301 e. The summed E-state index contributed by atoms with van der Waals surface area (Å²) in [5, 5.41) is 3.03. The number of hydrogen-bond donors (Lipinski definition) is 0. The highest BCUT2D eigenvalue weighted by molar-refractivity contribution is 7.99. The molecule has 0 amide bonds. The third-order valence-corrected chi connectivity index (χ3v) is 6.71. The average Bonchev–Trinajstić information content (AvgIpc) is 3.21. The van der Waals surface area contributed by atoms with E-state index in [0.29, 0.717) is 5.02 Å². The molecule has 0 unspecified atom stereocenters. The highest BCUT2D eigenvalue weighted by atomic mass is 35.5. The highest BCUT2D eigenvalue weighted by Gasteiger charge is 2.19. The molecule has 0 aliphatic carbocycles. The van der Waals surface area contributed by atoms with Gasteiger partial charge in [-0.1, -0.05) is 84.0 Å². The van der Waals surface area contributed by atoms with E-state index in [0.717, 1.165) is 32.9 Å². The van der Waals surface area contributed by atoms with Gasteiger partial charge in [0.05, 0.1) is 5.39 Å². The standard InChI is InChI=1S/C26H20ClN3S/c1-18(19-8-4-2-5-9-19)31-26-24-23(20-10-6-3-7-11-20)16-30(25(24)28-17-29-26)22-14-12-21(27)13-15-22/h2-18H,1H3/t18-/m0/s1. The predicted molar refractivity (Wildman–Crippen MR) is 130 cm³/mol. The quantitative estimate of drug-likeness (QED) is 0.208. The third-order valence-electron chi connectivity index (χ3n) is 5.30. The molecule has 31 heavy (non-hydrogen) atoms. The number of rotatable bonds is 5. The second-order valence-corrected chi connectivity index (χ2v) is 9.07. The zero-order valence-corrected chi connectivity index (χ0v) is 18.5. The van der Waals surface area contributed by atoms with Gasteiger partial charge in [0.15, 0.2) is 0 Å². The molecule has 3 aromatic carbocycles. The Labute approximate surface area is 190 Å². The minimum atomic E-state index is 0.266. The topological polar surface area (TPSA) is 30.7 Å². The second-order valence-electron chi connectivity index (χ2n) is 7.30. The molecule has 0 aliphatic rings. The van der Waals surface area contributed by atoms with Crippen LogP contribution >= 0.6 is 23.4 Å². The SMILES string of the molecule is C[C@H](Sc1ncnc2c1c(-c1ccccc1)cn2-c1ccc(Cl)cc1)c1ccccc1. The predicted octanol–water partition coefficient (Wildman–Crippen LogP) is 7.59. The Morgan fingerprint density at radius 2 is 1.52 bits per heavy atom. The van der Waals surface area contributed by atoms with Gasteiger partial charge < -0.3 is 4.57 Å². The van der Waals surface area contributed by atoms with Crippen LogP contribution in [-0.4, -0.2) is 14.5 Å². The maximum absolute atomic E-state index is 6.12. The lowest BCUT2D eigenvalue weighted by molar-refractivity contribution is 1.03. The molecule has 0 N–H and O–H groups in total. The van der Waals surface area contributed by atoms with Crippen LogP contribution in [0.5, 0.6) is 0 Å². The van der Waals surface area contributed by atoms with Gasteiger partial charge in [0, 0.05) is 27.7 Å². The van der Waals surface area contributed by atoms with Gasteiger partial charge in [-0.15, -0.1) is 0 Å². The average molecular weight is 442 g/mol. The lowest BCUT2D eigenvalue weighted by Gasteiger charge is -2.12. The van der Waals surface area contributed by atoms with Crippen molar-refractivity contribution in [2.75, 3.05) is 0 Å². The molecule has 152 valence electrons. The van der Waals surface area contributed by atoms with Crippen LogP contribution in [-0.2, 0) is 0 Å². The molecule has 2 aromatic heterocycles. The molecular formula is C26H20ClN3S. The zero-order valence-electron chi connectivity index (χ0n) is 16.9. The van der Waals surface area contributed by atoms with Gasteiger partial charge in [-0.25, -0.2) is 9.97 Å². The molecule has 0 fully saturated rings.